The van der Waals surface area contributed by atoms with E-state index in [9.17, 15) is 0 Å². The van der Waals surface area contributed by atoms with Crippen LogP contribution >= 0.6 is 0 Å². The molecule has 4 nitrogen and oxygen atoms in total. The first-order chi connectivity index (χ1) is 3.41. The zero-order chi connectivity index (χ0) is 5.54. The van der Waals surface area contributed by atoms with E-state index < -0.39 is 15.6 Å². The van der Waals surface area contributed by atoms with Gasteiger partial charge in [0.05, 0.1) is 0 Å². The average Bonchev–Trinajstić information content (AvgIpc) is 1.69. The van der Waals surface area contributed by atoms with Crippen LogP contribution in [0.4, 0.5) is 0 Å². The van der Waals surface area contributed by atoms with Gasteiger partial charge in [0.25, 0.3) is 0 Å². The van der Waals surface area contributed by atoms with Crippen molar-refractivity contribution >= 4 is 15.6 Å². The second-order valence-corrected chi connectivity index (χ2v) is 1.40. The van der Waals surface area contributed by atoms with Crippen LogP contribution in [0.15, 0.2) is 0 Å². The molecule has 0 aliphatic carbocycles. The van der Waals surface area contributed by atoms with Crippen molar-refractivity contribution in [3.63, 3.8) is 0 Å². The van der Waals surface area contributed by atoms with Gasteiger partial charge in [-0.15, -0.1) is 0 Å². The van der Waals surface area contributed by atoms with Crippen molar-refractivity contribution in [2.75, 3.05) is 0 Å². The number of rotatable bonds is 2. The predicted molar refractivity (Wildman–Crippen MR) is 19.1 cm³/mol. The molecule has 0 aromatic carbocycles. The quantitative estimate of drug-likeness (QED) is 0.313. The van der Waals surface area contributed by atoms with E-state index in [0.717, 1.165) is 0 Å². The maximum atomic E-state index is 7.65. The van der Waals surface area contributed by atoms with E-state index in [1.807, 2.05) is 0 Å². The van der Waals surface area contributed by atoms with E-state index >= 15 is 0 Å². The third-order valence-electron chi connectivity index (χ3n) is 0.143. The zero-order valence-electron chi connectivity index (χ0n) is 3.12. The van der Waals surface area contributed by atoms with Crippen LogP contribution in [-0.2, 0) is 7.64 Å². The van der Waals surface area contributed by atoms with Gasteiger partial charge in [0, 0.05) is 0 Å². The molecule has 0 saturated heterocycles. The minimum atomic E-state index is -0.747. The second-order valence-electron chi connectivity index (χ2n) is 0.417. The van der Waals surface area contributed by atoms with Crippen LogP contribution in [0.25, 0.3) is 0 Å². The molecule has 0 atom stereocenters. The van der Waals surface area contributed by atoms with Crippen molar-refractivity contribution in [3.05, 3.63) is 0 Å². The summed E-state index contributed by atoms with van der Waals surface area (Å²) in [5.41, 5.74) is 0. The van der Waals surface area contributed by atoms with Gasteiger partial charge in [-0.25, -0.2) is 0 Å². The molecule has 0 spiro atoms. The summed E-state index contributed by atoms with van der Waals surface area (Å²) >= 11 is -0.747. The average molecular weight is 163 g/mol. The Morgan fingerprint density at radius 3 is 1.86 bits per heavy atom. The van der Waals surface area contributed by atoms with Crippen molar-refractivity contribution in [3.8, 4) is 12.5 Å². The fourth-order valence-corrected chi connectivity index (χ4v) is 0.247. The Kier molecular flexibility index (Phi) is 4.44. The third-order valence-corrected chi connectivity index (χ3v) is 0.741. The molecule has 0 unspecified atom stereocenters. The molecule has 0 heterocycles. The van der Waals surface area contributed by atoms with Crippen molar-refractivity contribution in [1.29, 1.82) is 10.5 Å². The Morgan fingerprint density at radius 2 is 1.57 bits per heavy atom. The van der Waals surface area contributed by atoms with Crippen LogP contribution in [0.1, 0.15) is 0 Å². The third kappa shape index (κ3) is 5.10. The van der Waals surface area contributed by atoms with Gasteiger partial charge < -0.3 is 0 Å². The Hall–Kier alpha value is -0.901. The Labute approximate surface area is 47.1 Å². The molecule has 0 saturated carbocycles. The number of hydrogen-bond acceptors (Lipinski definition) is 4. The number of hydrogen-bond donors (Lipinski definition) is 0. The van der Waals surface area contributed by atoms with Crippen LogP contribution in [0, 0.1) is 23.0 Å². The number of nitrogens with zero attached hydrogens (tertiary/aromatic N) is 2. The first-order valence-corrected chi connectivity index (χ1v) is 2.59. The van der Waals surface area contributed by atoms with Crippen molar-refractivity contribution in [2.24, 2.45) is 0 Å². The molecule has 0 bridgehead atoms. The van der Waals surface area contributed by atoms with Gasteiger partial charge in [0.2, 0.25) is 0 Å². The van der Waals surface area contributed by atoms with Gasteiger partial charge in [0.1, 0.15) is 0 Å². The van der Waals surface area contributed by atoms with E-state index in [0.29, 0.717) is 0 Å². The fourth-order valence-electron chi connectivity index (χ4n) is 0.0474. The summed E-state index contributed by atoms with van der Waals surface area (Å²) in [7, 11) is 0. The number of nitriles is 2. The van der Waals surface area contributed by atoms with E-state index in [4.69, 9.17) is 10.5 Å². The van der Waals surface area contributed by atoms with E-state index in [1.54, 1.807) is 0 Å². The Bertz CT molecular complexity index is 97.8. The summed E-state index contributed by atoms with van der Waals surface area (Å²) in [5, 5.41) is 15.3. The summed E-state index contributed by atoms with van der Waals surface area (Å²) in [6, 6.07) is 0. The molecule has 0 aromatic rings. The molecule has 0 N–H and O–H groups in total. The molecule has 5 heteroatoms. The summed E-state index contributed by atoms with van der Waals surface area (Å²) in [6.45, 7) is 0. The van der Waals surface area contributed by atoms with Gasteiger partial charge >= 0.3 is 46.3 Å². The zero-order valence-corrected chi connectivity index (χ0v) is 4.83. The first kappa shape index (κ1) is 6.10. The fraction of sp³-hybridized carbons (Fsp3) is 0. The SMILES string of the molecule is N#CO[Se]OC#N. The van der Waals surface area contributed by atoms with E-state index in [1.165, 1.54) is 12.5 Å². The molecular formula is C2N2O2Se. The van der Waals surface area contributed by atoms with Gasteiger partial charge in [-0.2, -0.15) is 0 Å². The molecule has 36 valence electrons. The van der Waals surface area contributed by atoms with Gasteiger partial charge in [-0.1, -0.05) is 0 Å². The minimum absolute atomic E-state index is 0.747. The summed E-state index contributed by atoms with van der Waals surface area (Å²) in [4.78, 5) is 0. The summed E-state index contributed by atoms with van der Waals surface area (Å²) < 4.78 is 7.99. The van der Waals surface area contributed by atoms with Crippen LogP contribution in [-0.4, -0.2) is 15.6 Å². The molecule has 0 radical (unpaired) electrons. The van der Waals surface area contributed by atoms with Crippen molar-refractivity contribution in [1.82, 2.24) is 0 Å². The molecule has 0 amide bonds. The Balaban J connectivity index is 2.77. The van der Waals surface area contributed by atoms with Gasteiger partial charge in [0.15, 0.2) is 0 Å². The molecule has 0 aromatic heterocycles. The van der Waals surface area contributed by atoms with Gasteiger partial charge in [-0.05, 0) is 0 Å². The van der Waals surface area contributed by atoms with Crippen LogP contribution < -0.4 is 0 Å². The Morgan fingerprint density at radius 1 is 1.14 bits per heavy atom. The summed E-state index contributed by atoms with van der Waals surface area (Å²) in [5.74, 6) is 0. The molecule has 7 heavy (non-hydrogen) atoms. The normalized spacial score (nSPS) is 5.43. The topological polar surface area (TPSA) is 66.0 Å². The van der Waals surface area contributed by atoms with Crippen LogP contribution in [0.2, 0.25) is 0 Å². The van der Waals surface area contributed by atoms with Crippen molar-refractivity contribution < 1.29 is 7.64 Å². The van der Waals surface area contributed by atoms with E-state index in [-0.39, 0.29) is 0 Å². The monoisotopic (exact) mass is 164 g/mol. The molecule has 0 fully saturated rings. The molecular weight excluding hydrogens is 163 g/mol. The van der Waals surface area contributed by atoms with Crippen LogP contribution in [0.5, 0.6) is 0 Å². The van der Waals surface area contributed by atoms with Crippen molar-refractivity contribution in [2.45, 2.75) is 0 Å². The maximum absolute atomic E-state index is 7.65. The predicted octanol–water partition coefficient (Wildman–Crippen LogP) is -0.484. The second kappa shape index (κ2) is 5.10. The first-order valence-electron chi connectivity index (χ1n) is 1.19. The van der Waals surface area contributed by atoms with Gasteiger partial charge in [-0.3, -0.25) is 0 Å². The van der Waals surface area contributed by atoms with E-state index in [2.05, 4.69) is 7.64 Å². The molecule has 0 aliphatic heterocycles. The van der Waals surface area contributed by atoms with Crippen LogP contribution in [0.3, 0.4) is 0 Å². The molecule has 0 aliphatic rings. The molecule has 0 rings (SSSR count). The summed E-state index contributed by atoms with van der Waals surface area (Å²) in [6.07, 6.45) is 2.71. The standard InChI is InChI=1S/C2N2O2Se/c3-1-5-7-6-2-4.